The fraction of sp³-hybridized carbons (Fsp3) is 0.361. The summed E-state index contributed by atoms with van der Waals surface area (Å²) in [5, 5.41) is 17.5. The van der Waals surface area contributed by atoms with Gasteiger partial charge in [0.1, 0.15) is 5.82 Å². The number of methoxy groups -OCH3 is 1. The lowest BCUT2D eigenvalue weighted by Gasteiger charge is -2.33. The van der Waals surface area contributed by atoms with Gasteiger partial charge in [0, 0.05) is 79.2 Å². The van der Waals surface area contributed by atoms with Crippen LogP contribution in [0.1, 0.15) is 43.4 Å². The van der Waals surface area contributed by atoms with E-state index in [2.05, 4.69) is 20.5 Å². The van der Waals surface area contributed by atoms with Gasteiger partial charge in [0.2, 0.25) is 11.8 Å². The Morgan fingerprint density at radius 2 is 1.89 bits per heavy atom. The Kier molecular flexibility index (Phi) is 9.82. The molecular weight excluding hydrogens is 640 g/mol. The van der Waals surface area contributed by atoms with Crippen molar-refractivity contribution in [3.63, 3.8) is 0 Å². The number of carbonyl (C=O) groups excluding carboxylic acids is 1. The average molecular weight is 679 g/mol. The zero-order valence-corrected chi connectivity index (χ0v) is 28.2. The average Bonchev–Trinajstić information content (AvgIpc) is 3.45. The molecule has 0 aliphatic carbocycles. The number of amides is 1. The third-order valence-corrected chi connectivity index (χ3v) is 9.41. The number of benzene rings is 2. The topological polar surface area (TPSA) is 99.6 Å². The standard InChI is InChI=1S/C36H38Cl2FN5O3/c1-36(2,46)20-44-14-12-25-23(19-44)15-22(16-29(25)39)34-33(38)27(11-13-41-34)26-5-4-6-28(32(26)37)30-9-7-21(35(43-30)47-3)17-40-18-24-8-10-31(45)42-24/h4-7,9,11,13,15-16,24,40,46H,8,10,12,14,17-20H2,1-3H3,(H,42,45). The molecule has 2 aliphatic heterocycles. The lowest BCUT2D eigenvalue weighted by atomic mass is 9.93. The summed E-state index contributed by atoms with van der Waals surface area (Å²) in [6.07, 6.45) is 3.61. The Labute approximate surface area is 284 Å². The van der Waals surface area contributed by atoms with E-state index in [4.69, 9.17) is 32.9 Å². The molecule has 0 bridgehead atoms. The number of aromatic nitrogens is 2. The van der Waals surface area contributed by atoms with Crippen LogP contribution in [-0.2, 0) is 24.3 Å². The first-order valence-corrected chi connectivity index (χ1v) is 16.5. The van der Waals surface area contributed by atoms with Gasteiger partial charge in [-0.05, 0) is 62.1 Å². The number of carbonyl (C=O) groups is 1. The molecule has 4 heterocycles. The van der Waals surface area contributed by atoms with Crippen LogP contribution in [0, 0.1) is 5.82 Å². The number of hydrogen-bond donors (Lipinski definition) is 3. The maximum absolute atomic E-state index is 15.4. The van der Waals surface area contributed by atoms with Gasteiger partial charge < -0.3 is 20.5 Å². The highest BCUT2D eigenvalue weighted by atomic mass is 35.5. The van der Waals surface area contributed by atoms with E-state index in [-0.39, 0.29) is 17.8 Å². The van der Waals surface area contributed by atoms with Crippen LogP contribution < -0.4 is 15.4 Å². The summed E-state index contributed by atoms with van der Waals surface area (Å²) in [6, 6.07) is 14.9. The molecule has 2 aromatic heterocycles. The van der Waals surface area contributed by atoms with Gasteiger partial charge in [-0.25, -0.2) is 9.37 Å². The second-order valence-corrected chi connectivity index (χ2v) is 13.6. The largest absolute Gasteiger partial charge is 0.481 e. The minimum Gasteiger partial charge on any atom is -0.481 e. The second-order valence-electron chi connectivity index (χ2n) is 12.9. The molecule has 1 saturated heterocycles. The zero-order valence-electron chi connectivity index (χ0n) is 26.7. The zero-order chi connectivity index (χ0) is 33.3. The lowest BCUT2D eigenvalue weighted by molar-refractivity contribution is -0.119. The number of fused-ring (bicyclic) bond motifs is 1. The van der Waals surface area contributed by atoms with E-state index in [1.165, 1.54) is 6.07 Å². The molecule has 4 aromatic rings. The van der Waals surface area contributed by atoms with E-state index in [9.17, 15) is 9.90 Å². The van der Waals surface area contributed by atoms with Crippen molar-refractivity contribution in [1.82, 2.24) is 25.5 Å². The molecule has 2 aromatic carbocycles. The van der Waals surface area contributed by atoms with Gasteiger partial charge in [-0.3, -0.25) is 14.7 Å². The van der Waals surface area contributed by atoms with Crippen molar-refractivity contribution in [2.45, 2.75) is 57.8 Å². The van der Waals surface area contributed by atoms with Crippen LogP contribution >= 0.6 is 23.2 Å². The minimum atomic E-state index is -0.851. The summed E-state index contributed by atoms with van der Waals surface area (Å²) in [5.74, 6) is 0.284. The fourth-order valence-corrected chi connectivity index (χ4v) is 7.10. The van der Waals surface area contributed by atoms with Crippen LogP contribution in [0.2, 0.25) is 10.0 Å². The molecule has 11 heteroatoms. The van der Waals surface area contributed by atoms with Crippen molar-refractivity contribution in [1.29, 1.82) is 0 Å². The number of hydrogen-bond acceptors (Lipinski definition) is 7. The van der Waals surface area contributed by atoms with Gasteiger partial charge in [0.25, 0.3) is 0 Å². The first kappa shape index (κ1) is 33.3. The van der Waals surface area contributed by atoms with Crippen molar-refractivity contribution in [3.05, 3.63) is 87.3 Å². The Balaban J connectivity index is 1.27. The van der Waals surface area contributed by atoms with Gasteiger partial charge in [0.05, 0.1) is 34.1 Å². The maximum Gasteiger partial charge on any atom is 0.220 e. The molecule has 3 N–H and O–H groups in total. The summed E-state index contributed by atoms with van der Waals surface area (Å²) in [6.45, 7) is 6.44. The molecule has 0 radical (unpaired) electrons. The van der Waals surface area contributed by atoms with E-state index in [1.54, 1.807) is 33.2 Å². The highest BCUT2D eigenvalue weighted by Crippen LogP contribution is 2.42. The number of nitrogens with zero attached hydrogens (tertiary/aromatic N) is 3. The van der Waals surface area contributed by atoms with Gasteiger partial charge in [-0.2, -0.15) is 0 Å². The molecule has 47 heavy (non-hydrogen) atoms. The van der Waals surface area contributed by atoms with Gasteiger partial charge in [-0.15, -0.1) is 0 Å². The van der Waals surface area contributed by atoms with Gasteiger partial charge in [0.15, 0.2) is 0 Å². The third kappa shape index (κ3) is 7.45. The highest BCUT2D eigenvalue weighted by Gasteiger charge is 2.26. The number of aliphatic hydroxyl groups is 1. The van der Waals surface area contributed by atoms with Crippen LogP contribution in [-0.4, -0.2) is 64.3 Å². The fourth-order valence-electron chi connectivity index (χ4n) is 6.46. The van der Waals surface area contributed by atoms with Crippen molar-refractivity contribution < 1.29 is 19.0 Å². The molecule has 1 atom stereocenters. The number of halogens is 3. The van der Waals surface area contributed by atoms with Crippen molar-refractivity contribution in [3.8, 4) is 39.5 Å². The predicted octanol–water partition coefficient (Wildman–Crippen LogP) is 6.43. The maximum atomic E-state index is 15.4. The predicted molar refractivity (Wildman–Crippen MR) is 183 cm³/mol. The highest BCUT2D eigenvalue weighted by molar-refractivity contribution is 6.39. The summed E-state index contributed by atoms with van der Waals surface area (Å²) in [5.41, 5.74) is 5.33. The molecule has 246 valence electrons. The van der Waals surface area contributed by atoms with Crippen LogP contribution in [0.25, 0.3) is 33.6 Å². The van der Waals surface area contributed by atoms with E-state index in [0.29, 0.717) is 101 Å². The number of rotatable bonds is 10. The van der Waals surface area contributed by atoms with E-state index < -0.39 is 5.60 Å². The quantitative estimate of drug-likeness (QED) is 0.178. The van der Waals surface area contributed by atoms with Crippen LogP contribution in [0.3, 0.4) is 0 Å². The Bertz CT molecular complexity index is 1810. The van der Waals surface area contributed by atoms with E-state index in [1.807, 2.05) is 36.4 Å². The van der Waals surface area contributed by atoms with Crippen LogP contribution in [0.5, 0.6) is 5.88 Å². The summed E-state index contributed by atoms with van der Waals surface area (Å²) in [4.78, 5) is 22.9. The molecule has 8 nitrogen and oxygen atoms in total. The molecule has 1 unspecified atom stereocenters. The number of pyridine rings is 2. The molecule has 0 saturated carbocycles. The molecule has 0 spiro atoms. The summed E-state index contributed by atoms with van der Waals surface area (Å²) in [7, 11) is 1.58. The molecule has 1 fully saturated rings. The normalized spacial score (nSPS) is 16.7. The van der Waals surface area contributed by atoms with Gasteiger partial charge in [-0.1, -0.05) is 47.5 Å². The number of ether oxygens (including phenoxy) is 1. The SMILES string of the molecule is COc1nc(-c2cccc(-c3ccnc(-c4cc(F)c5c(c4)CN(CC(C)(C)O)CC5)c3Cl)c2Cl)ccc1CNCC1CCC(=O)N1. The third-order valence-electron chi connectivity index (χ3n) is 8.62. The smallest absolute Gasteiger partial charge is 0.220 e. The Morgan fingerprint density at radius 1 is 1.11 bits per heavy atom. The van der Waals surface area contributed by atoms with Crippen molar-refractivity contribution >= 4 is 29.1 Å². The Hall–Kier alpha value is -3.60. The number of nitrogens with one attached hydrogen (secondary N) is 2. The number of β-amino-alcohol motifs (C(OH)–C–C–N with tert-alkyl or cyclic N) is 1. The minimum absolute atomic E-state index is 0.0897. The second kappa shape index (κ2) is 13.9. The first-order valence-electron chi connectivity index (χ1n) is 15.7. The molecule has 6 rings (SSSR count). The summed E-state index contributed by atoms with van der Waals surface area (Å²) < 4.78 is 21.0. The van der Waals surface area contributed by atoms with Crippen LogP contribution in [0.15, 0.2) is 54.7 Å². The summed E-state index contributed by atoms with van der Waals surface area (Å²) >= 11 is 14.1. The molecule has 1 amide bonds. The van der Waals surface area contributed by atoms with Gasteiger partial charge >= 0.3 is 0 Å². The molecular formula is C36H38Cl2FN5O3. The van der Waals surface area contributed by atoms with Crippen molar-refractivity contribution in [2.24, 2.45) is 0 Å². The van der Waals surface area contributed by atoms with E-state index >= 15 is 4.39 Å². The van der Waals surface area contributed by atoms with Crippen LogP contribution in [0.4, 0.5) is 4.39 Å². The van der Waals surface area contributed by atoms with E-state index in [0.717, 1.165) is 17.5 Å². The van der Waals surface area contributed by atoms with Crippen molar-refractivity contribution in [2.75, 3.05) is 26.7 Å². The molecule has 2 aliphatic rings. The Morgan fingerprint density at radius 3 is 2.64 bits per heavy atom. The first-order chi connectivity index (χ1) is 22.5. The lowest BCUT2D eigenvalue weighted by Crippen LogP contribution is -2.41. The monoisotopic (exact) mass is 677 g/mol.